The Morgan fingerprint density at radius 1 is 1.41 bits per heavy atom. The van der Waals surface area contributed by atoms with E-state index in [1.165, 1.54) is 16.7 Å². The summed E-state index contributed by atoms with van der Waals surface area (Å²) in [6, 6.07) is 6.32. The fraction of sp³-hybridized carbons (Fsp3) is 0.412. The molecule has 2 rings (SSSR count). The summed E-state index contributed by atoms with van der Waals surface area (Å²) >= 11 is 0. The summed E-state index contributed by atoms with van der Waals surface area (Å²) in [4.78, 5) is 21.3. The Balaban J connectivity index is 1.89. The Kier molecular flexibility index (Phi) is 5.33. The van der Waals surface area contributed by atoms with E-state index in [1.807, 2.05) is 18.9 Å². The maximum absolute atomic E-state index is 12.2. The van der Waals surface area contributed by atoms with Crippen LogP contribution in [0.1, 0.15) is 35.5 Å². The number of rotatable bonds is 6. The topological polar surface area (TPSA) is 61.0 Å². The second-order valence-electron chi connectivity index (χ2n) is 5.86. The van der Waals surface area contributed by atoms with Gasteiger partial charge in [0.05, 0.1) is 19.1 Å². The lowest BCUT2D eigenvalue weighted by Gasteiger charge is -2.20. The minimum atomic E-state index is 0.00409. The highest BCUT2D eigenvalue weighted by Gasteiger charge is 2.14. The normalized spacial score (nSPS) is 12.4. The number of hydrogen-bond donors (Lipinski definition) is 2. The molecule has 0 saturated heterocycles. The minimum Gasteiger partial charge on any atom is -0.348 e. The molecule has 0 aliphatic heterocycles. The Bertz CT molecular complexity index is 622. The number of carbonyl (C=O) groups is 1. The van der Waals surface area contributed by atoms with E-state index in [-0.39, 0.29) is 11.9 Å². The fourth-order valence-electron chi connectivity index (χ4n) is 2.53. The number of nitrogens with one attached hydrogen (secondary N) is 2. The minimum absolute atomic E-state index is 0.00409. The number of aromatic nitrogens is 2. The van der Waals surface area contributed by atoms with Crippen molar-refractivity contribution >= 4 is 5.91 Å². The van der Waals surface area contributed by atoms with E-state index >= 15 is 0 Å². The SMILES string of the molecule is Cc1ccc(C)c(C(C)NC(=O)CN(C)Cc2ncc[nH]2)c1. The number of likely N-dealkylation sites (N-methyl/N-ethyl adjacent to an activating group) is 1. The van der Waals surface area contributed by atoms with E-state index in [0.717, 1.165) is 5.82 Å². The Hall–Kier alpha value is -2.14. The highest BCUT2D eigenvalue weighted by molar-refractivity contribution is 5.78. The van der Waals surface area contributed by atoms with Crippen LogP contribution in [0, 0.1) is 13.8 Å². The van der Waals surface area contributed by atoms with Crippen LogP contribution in [-0.2, 0) is 11.3 Å². The van der Waals surface area contributed by atoms with Gasteiger partial charge in [0.1, 0.15) is 5.82 Å². The monoisotopic (exact) mass is 300 g/mol. The van der Waals surface area contributed by atoms with Gasteiger partial charge in [-0.3, -0.25) is 9.69 Å². The molecule has 0 fully saturated rings. The van der Waals surface area contributed by atoms with Gasteiger partial charge in [0.25, 0.3) is 0 Å². The predicted molar refractivity (Wildman–Crippen MR) is 87.4 cm³/mol. The van der Waals surface area contributed by atoms with Crippen LogP contribution >= 0.6 is 0 Å². The number of amides is 1. The second kappa shape index (κ2) is 7.22. The molecule has 2 aromatic rings. The number of imidazole rings is 1. The van der Waals surface area contributed by atoms with Gasteiger partial charge >= 0.3 is 0 Å². The van der Waals surface area contributed by atoms with Crippen molar-refractivity contribution in [3.8, 4) is 0 Å². The van der Waals surface area contributed by atoms with Crippen molar-refractivity contribution in [2.45, 2.75) is 33.4 Å². The smallest absolute Gasteiger partial charge is 0.234 e. The first-order chi connectivity index (χ1) is 10.5. The number of nitrogens with zero attached hydrogens (tertiary/aromatic N) is 2. The van der Waals surface area contributed by atoms with Crippen LogP contribution in [0.4, 0.5) is 0 Å². The van der Waals surface area contributed by atoms with Crippen LogP contribution in [0.15, 0.2) is 30.6 Å². The number of H-pyrrole nitrogens is 1. The van der Waals surface area contributed by atoms with Gasteiger partial charge in [-0.15, -0.1) is 0 Å². The summed E-state index contributed by atoms with van der Waals surface area (Å²) in [5.41, 5.74) is 3.57. The lowest BCUT2D eigenvalue weighted by Crippen LogP contribution is -2.36. The van der Waals surface area contributed by atoms with Crippen LogP contribution in [0.3, 0.4) is 0 Å². The van der Waals surface area contributed by atoms with Crippen molar-refractivity contribution in [2.75, 3.05) is 13.6 Å². The number of aryl methyl sites for hydroxylation is 2. The van der Waals surface area contributed by atoms with Gasteiger partial charge < -0.3 is 10.3 Å². The molecule has 0 spiro atoms. The lowest BCUT2D eigenvalue weighted by atomic mass is 10.00. The zero-order chi connectivity index (χ0) is 16.1. The van der Waals surface area contributed by atoms with Crippen LogP contribution in [0.25, 0.3) is 0 Å². The third-order valence-corrected chi connectivity index (χ3v) is 3.67. The molecule has 0 saturated carbocycles. The molecular formula is C17H24N4O. The molecule has 1 unspecified atom stereocenters. The van der Waals surface area contributed by atoms with Crippen molar-refractivity contribution < 1.29 is 4.79 Å². The molecule has 0 radical (unpaired) electrons. The van der Waals surface area contributed by atoms with Crippen LogP contribution in [-0.4, -0.2) is 34.4 Å². The van der Waals surface area contributed by atoms with Gasteiger partial charge in [-0.2, -0.15) is 0 Å². The summed E-state index contributed by atoms with van der Waals surface area (Å²) in [5.74, 6) is 0.875. The fourth-order valence-corrected chi connectivity index (χ4v) is 2.53. The quantitative estimate of drug-likeness (QED) is 0.861. The zero-order valence-corrected chi connectivity index (χ0v) is 13.7. The average molecular weight is 300 g/mol. The van der Waals surface area contributed by atoms with Crippen molar-refractivity contribution in [1.29, 1.82) is 0 Å². The maximum Gasteiger partial charge on any atom is 0.234 e. The molecule has 0 aliphatic rings. The largest absolute Gasteiger partial charge is 0.348 e. The van der Waals surface area contributed by atoms with E-state index in [9.17, 15) is 4.79 Å². The highest BCUT2D eigenvalue weighted by Crippen LogP contribution is 2.18. The lowest BCUT2D eigenvalue weighted by molar-refractivity contribution is -0.122. The Morgan fingerprint density at radius 2 is 2.18 bits per heavy atom. The molecule has 0 aliphatic carbocycles. The van der Waals surface area contributed by atoms with Gasteiger partial charge in [0, 0.05) is 12.4 Å². The molecule has 1 heterocycles. The Labute approximate surface area is 131 Å². The number of aromatic amines is 1. The molecule has 5 heteroatoms. The van der Waals surface area contributed by atoms with E-state index in [4.69, 9.17) is 0 Å². The maximum atomic E-state index is 12.2. The summed E-state index contributed by atoms with van der Waals surface area (Å²) < 4.78 is 0. The number of benzene rings is 1. The van der Waals surface area contributed by atoms with E-state index in [2.05, 4.69) is 47.3 Å². The first kappa shape index (κ1) is 16.2. The standard InChI is InChI=1S/C17H24N4O/c1-12-5-6-13(2)15(9-12)14(3)20-17(22)11-21(4)10-16-18-7-8-19-16/h5-9,14H,10-11H2,1-4H3,(H,18,19)(H,20,22). The number of hydrogen-bond acceptors (Lipinski definition) is 3. The van der Waals surface area contributed by atoms with E-state index in [1.54, 1.807) is 12.4 Å². The second-order valence-corrected chi connectivity index (χ2v) is 5.86. The highest BCUT2D eigenvalue weighted by atomic mass is 16.2. The van der Waals surface area contributed by atoms with Crippen molar-refractivity contribution in [3.05, 3.63) is 53.1 Å². The van der Waals surface area contributed by atoms with Gasteiger partial charge in [-0.1, -0.05) is 23.8 Å². The molecular weight excluding hydrogens is 276 g/mol. The molecule has 22 heavy (non-hydrogen) atoms. The summed E-state index contributed by atoms with van der Waals surface area (Å²) in [6.07, 6.45) is 3.50. The molecule has 5 nitrogen and oxygen atoms in total. The van der Waals surface area contributed by atoms with Crippen molar-refractivity contribution in [2.24, 2.45) is 0 Å². The van der Waals surface area contributed by atoms with Gasteiger partial charge in [-0.25, -0.2) is 4.98 Å². The van der Waals surface area contributed by atoms with Crippen LogP contribution < -0.4 is 5.32 Å². The molecule has 1 aromatic heterocycles. The molecule has 1 amide bonds. The number of carbonyl (C=O) groups excluding carboxylic acids is 1. The summed E-state index contributed by atoms with van der Waals surface area (Å²) in [6.45, 7) is 7.12. The van der Waals surface area contributed by atoms with Crippen molar-refractivity contribution in [3.63, 3.8) is 0 Å². The zero-order valence-electron chi connectivity index (χ0n) is 13.7. The molecule has 118 valence electrons. The van der Waals surface area contributed by atoms with E-state index < -0.39 is 0 Å². The van der Waals surface area contributed by atoms with Crippen LogP contribution in [0.5, 0.6) is 0 Å². The van der Waals surface area contributed by atoms with Crippen LogP contribution in [0.2, 0.25) is 0 Å². The summed E-state index contributed by atoms with van der Waals surface area (Å²) in [7, 11) is 1.91. The van der Waals surface area contributed by atoms with Gasteiger partial charge in [0.2, 0.25) is 5.91 Å². The first-order valence-corrected chi connectivity index (χ1v) is 7.49. The summed E-state index contributed by atoms with van der Waals surface area (Å²) in [5, 5.41) is 3.06. The Morgan fingerprint density at radius 3 is 2.86 bits per heavy atom. The average Bonchev–Trinajstić information content (AvgIpc) is 2.93. The molecule has 0 bridgehead atoms. The first-order valence-electron chi connectivity index (χ1n) is 7.49. The van der Waals surface area contributed by atoms with E-state index in [0.29, 0.717) is 13.1 Å². The van der Waals surface area contributed by atoms with Crippen molar-refractivity contribution in [1.82, 2.24) is 20.2 Å². The molecule has 1 atom stereocenters. The van der Waals surface area contributed by atoms with Gasteiger partial charge in [-0.05, 0) is 38.9 Å². The molecule has 2 N–H and O–H groups in total. The van der Waals surface area contributed by atoms with Gasteiger partial charge in [0.15, 0.2) is 0 Å². The third-order valence-electron chi connectivity index (χ3n) is 3.67. The third kappa shape index (κ3) is 4.43. The predicted octanol–water partition coefficient (Wildman–Crippen LogP) is 2.34. The molecule has 1 aromatic carbocycles.